The minimum atomic E-state index is -0.104. The topological polar surface area (TPSA) is 48.9 Å². The zero-order valence-corrected chi connectivity index (χ0v) is 11.6. The van der Waals surface area contributed by atoms with Gasteiger partial charge in [0.15, 0.2) is 0 Å². The summed E-state index contributed by atoms with van der Waals surface area (Å²) in [5.41, 5.74) is 0.933. The minimum absolute atomic E-state index is 0.104. The summed E-state index contributed by atoms with van der Waals surface area (Å²) in [5, 5.41) is 9.51. The summed E-state index contributed by atoms with van der Waals surface area (Å²) in [5.74, 6) is 0.936. The number of thiophene rings is 1. The van der Waals surface area contributed by atoms with E-state index >= 15 is 0 Å². The predicted molar refractivity (Wildman–Crippen MR) is 72.2 cm³/mol. The first-order valence-electron chi connectivity index (χ1n) is 5.66. The number of aromatic amines is 1. The maximum absolute atomic E-state index is 9.51. The van der Waals surface area contributed by atoms with Gasteiger partial charge in [0.2, 0.25) is 0 Å². The third-order valence-corrected chi connectivity index (χ3v) is 5.19. The van der Waals surface area contributed by atoms with E-state index in [-0.39, 0.29) is 12.0 Å². The van der Waals surface area contributed by atoms with E-state index in [0.717, 1.165) is 28.1 Å². The van der Waals surface area contributed by atoms with Gasteiger partial charge in [-0.15, -0.1) is 11.3 Å². The number of rotatable bonds is 3. The fourth-order valence-electron chi connectivity index (χ4n) is 2.25. The lowest BCUT2D eigenvalue weighted by Crippen LogP contribution is -2.39. The van der Waals surface area contributed by atoms with Gasteiger partial charge < -0.3 is 10.1 Å². The molecule has 1 saturated carbocycles. The van der Waals surface area contributed by atoms with Crippen molar-refractivity contribution in [3.63, 3.8) is 0 Å². The van der Waals surface area contributed by atoms with Crippen molar-refractivity contribution < 1.29 is 5.11 Å². The van der Waals surface area contributed by atoms with Crippen LogP contribution in [0, 0.1) is 0 Å². The molecule has 2 N–H and O–H groups in total. The molecule has 2 aromatic heterocycles. The molecule has 17 heavy (non-hydrogen) atoms. The Morgan fingerprint density at radius 3 is 2.82 bits per heavy atom. The highest BCUT2D eigenvalue weighted by molar-refractivity contribution is 9.11. The molecule has 1 fully saturated rings. The van der Waals surface area contributed by atoms with Gasteiger partial charge in [0.05, 0.1) is 32.6 Å². The van der Waals surface area contributed by atoms with E-state index in [1.54, 1.807) is 11.3 Å². The maximum Gasteiger partial charge on any atom is 0.115 e. The Hall–Kier alpha value is -0.650. The third-order valence-electron chi connectivity index (χ3n) is 3.53. The third kappa shape index (κ3) is 1.86. The molecule has 90 valence electrons. The number of nitrogens with zero attached hydrogens (tertiary/aromatic N) is 1. The van der Waals surface area contributed by atoms with Gasteiger partial charge in [0, 0.05) is 0 Å². The molecule has 2 heterocycles. The van der Waals surface area contributed by atoms with Gasteiger partial charge in [0.1, 0.15) is 5.82 Å². The normalized spacial score (nSPS) is 18.0. The van der Waals surface area contributed by atoms with Gasteiger partial charge in [-0.1, -0.05) is 6.42 Å². The predicted octanol–water partition coefficient (Wildman–Crippen LogP) is 3.31. The molecule has 0 atom stereocenters. The zero-order valence-electron chi connectivity index (χ0n) is 9.24. The molecule has 0 unspecified atom stereocenters. The van der Waals surface area contributed by atoms with E-state index < -0.39 is 0 Å². The Balaban J connectivity index is 1.92. The van der Waals surface area contributed by atoms with Crippen molar-refractivity contribution in [3.05, 3.63) is 27.9 Å². The van der Waals surface area contributed by atoms with Crippen molar-refractivity contribution in [3.8, 4) is 10.6 Å². The van der Waals surface area contributed by atoms with Crippen LogP contribution in [0.15, 0.2) is 22.1 Å². The molecule has 0 aromatic carbocycles. The summed E-state index contributed by atoms with van der Waals surface area (Å²) < 4.78 is 1.11. The molecule has 3 nitrogen and oxygen atoms in total. The van der Waals surface area contributed by atoms with Gasteiger partial charge in [-0.2, -0.15) is 0 Å². The molecule has 2 aromatic rings. The van der Waals surface area contributed by atoms with Crippen LogP contribution in [0.5, 0.6) is 0 Å². The van der Waals surface area contributed by atoms with Crippen molar-refractivity contribution in [2.24, 2.45) is 0 Å². The van der Waals surface area contributed by atoms with Crippen LogP contribution >= 0.6 is 27.3 Å². The molecular formula is C12H13BrN2OS. The summed E-state index contributed by atoms with van der Waals surface area (Å²) in [6.07, 6.45) is 5.11. The number of imidazole rings is 1. The molecule has 5 heteroatoms. The van der Waals surface area contributed by atoms with E-state index in [2.05, 4.69) is 32.0 Å². The molecule has 3 rings (SSSR count). The second-order valence-corrected chi connectivity index (χ2v) is 7.00. The highest BCUT2D eigenvalue weighted by atomic mass is 79.9. The van der Waals surface area contributed by atoms with E-state index in [9.17, 15) is 5.11 Å². The first kappa shape index (κ1) is 11.4. The summed E-state index contributed by atoms with van der Waals surface area (Å²) in [7, 11) is 0. The van der Waals surface area contributed by atoms with Crippen molar-refractivity contribution in [1.29, 1.82) is 0 Å². The fourth-order valence-corrected chi connectivity index (χ4v) is 3.60. The van der Waals surface area contributed by atoms with E-state index in [4.69, 9.17) is 0 Å². The Morgan fingerprint density at radius 1 is 1.47 bits per heavy atom. The molecule has 0 radical (unpaired) electrons. The Morgan fingerprint density at radius 2 is 2.29 bits per heavy atom. The monoisotopic (exact) mass is 312 g/mol. The van der Waals surface area contributed by atoms with E-state index in [1.165, 1.54) is 11.3 Å². The number of hydrogen-bond acceptors (Lipinski definition) is 3. The molecule has 0 amide bonds. The number of H-pyrrole nitrogens is 1. The molecule has 0 spiro atoms. The fraction of sp³-hybridized carbons (Fsp3) is 0.417. The first-order chi connectivity index (χ1) is 8.23. The Kier molecular flexibility index (Phi) is 2.84. The van der Waals surface area contributed by atoms with Crippen LogP contribution in [0.1, 0.15) is 25.1 Å². The standard InChI is InChI=1S/C12H13BrN2OS/c13-10-3-2-9(17-10)8-6-14-11(15-8)12(7-16)4-1-5-12/h2-3,6,16H,1,4-5,7H2,(H,14,15). The zero-order chi connectivity index (χ0) is 11.9. The largest absolute Gasteiger partial charge is 0.395 e. The van der Waals surface area contributed by atoms with Crippen LogP contribution in [0.2, 0.25) is 0 Å². The lowest BCUT2D eigenvalue weighted by atomic mass is 9.69. The number of hydrogen-bond donors (Lipinski definition) is 2. The number of aliphatic hydroxyl groups excluding tert-OH is 1. The van der Waals surface area contributed by atoms with E-state index in [1.807, 2.05) is 12.3 Å². The Labute approximate surface area is 112 Å². The van der Waals surface area contributed by atoms with E-state index in [0.29, 0.717) is 0 Å². The second kappa shape index (κ2) is 4.23. The smallest absolute Gasteiger partial charge is 0.115 e. The van der Waals surface area contributed by atoms with Crippen LogP contribution in [-0.4, -0.2) is 21.7 Å². The van der Waals surface area contributed by atoms with Crippen molar-refractivity contribution in [1.82, 2.24) is 9.97 Å². The second-order valence-electron chi connectivity index (χ2n) is 4.54. The van der Waals surface area contributed by atoms with Crippen LogP contribution in [0.3, 0.4) is 0 Å². The van der Waals surface area contributed by atoms with Gasteiger partial charge in [0.25, 0.3) is 0 Å². The van der Waals surface area contributed by atoms with Crippen molar-refractivity contribution in [2.45, 2.75) is 24.7 Å². The summed E-state index contributed by atoms with van der Waals surface area (Å²) in [6.45, 7) is 0.189. The summed E-state index contributed by atoms with van der Waals surface area (Å²) >= 11 is 5.14. The number of aromatic nitrogens is 2. The quantitative estimate of drug-likeness (QED) is 0.913. The Bertz CT molecular complexity index is 525. The maximum atomic E-state index is 9.51. The van der Waals surface area contributed by atoms with Crippen LogP contribution in [0.4, 0.5) is 0 Å². The van der Waals surface area contributed by atoms with Gasteiger partial charge in [-0.3, -0.25) is 0 Å². The SMILES string of the molecule is OCC1(c2ncc(-c3ccc(Br)s3)[nH]2)CCC1. The number of nitrogens with one attached hydrogen (secondary N) is 1. The van der Waals surface area contributed by atoms with Crippen LogP contribution in [-0.2, 0) is 5.41 Å². The minimum Gasteiger partial charge on any atom is -0.395 e. The first-order valence-corrected chi connectivity index (χ1v) is 7.26. The molecule has 1 aliphatic carbocycles. The molecular weight excluding hydrogens is 300 g/mol. The molecule has 0 saturated heterocycles. The molecule has 0 aliphatic heterocycles. The average molecular weight is 313 g/mol. The summed E-state index contributed by atoms with van der Waals surface area (Å²) in [4.78, 5) is 8.97. The van der Waals surface area contributed by atoms with Crippen molar-refractivity contribution >= 4 is 27.3 Å². The lowest BCUT2D eigenvalue weighted by Gasteiger charge is -2.38. The highest BCUT2D eigenvalue weighted by Gasteiger charge is 2.40. The average Bonchev–Trinajstić information content (AvgIpc) is 2.86. The lowest BCUT2D eigenvalue weighted by molar-refractivity contribution is 0.113. The van der Waals surface area contributed by atoms with Crippen LogP contribution < -0.4 is 0 Å². The van der Waals surface area contributed by atoms with Crippen LogP contribution in [0.25, 0.3) is 10.6 Å². The van der Waals surface area contributed by atoms with Crippen molar-refractivity contribution in [2.75, 3.05) is 6.61 Å². The number of aliphatic hydroxyl groups is 1. The number of halogens is 1. The van der Waals surface area contributed by atoms with Gasteiger partial charge in [-0.05, 0) is 40.9 Å². The molecule has 1 aliphatic rings. The van der Waals surface area contributed by atoms with Gasteiger partial charge >= 0.3 is 0 Å². The molecule has 0 bridgehead atoms. The summed E-state index contributed by atoms with van der Waals surface area (Å²) in [6, 6.07) is 4.10. The van der Waals surface area contributed by atoms with Gasteiger partial charge in [-0.25, -0.2) is 4.98 Å². The highest BCUT2D eigenvalue weighted by Crippen LogP contribution is 2.42.